The fraction of sp³-hybridized carbons (Fsp3) is 0.267. The molecule has 0 aliphatic rings. The topological polar surface area (TPSA) is 50.9 Å². The monoisotopic (exact) mass is 337 g/mol. The molecule has 1 aromatic carbocycles. The lowest BCUT2D eigenvalue weighted by Crippen LogP contribution is -2.19. The van der Waals surface area contributed by atoms with Gasteiger partial charge in [-0.2, -0.15) is 0 Å². The van der Waals surface area contributed by atoms with Gasteiger partial charge in [0.1, 0.15) is 11.6 Å². The van der Waals surface area contributed by atoms with E-state index < -0.39 is 0 Å². The number of nitrogens with two attached hydrogens (primary N) is 1. The first-order valence-corrected chi connectivity index (χ1v) is 7.18. The Bertz CT molecular complexity index is 599. The van der Waals surface area contributed by atoms with Crippen LogP contribution in [-0.2, 0) is 6.42 Å². The summed E-state index contributed by atoms with van der Waals surface area (Å²) < 4.78 is 13.7. The second kappa shape index (κ2) is 6.22. The number of rotatable bonds is 4. The van der Waals surface area contributed by atoms with Gasteiger partial charge in [-0.05, 0) is 59.5 Å². The fourth-order valence-electron chi connectivity index (χ4n) is 1.95. The maximum Gasteiger partial charge on any atom is 0.140 e. The molecule has 1 heterocycles. The molecule has 0 saturated heterocycles. The zero-order valence-electron chi connectivity index (χ0n) is 11.5. The Morgan fingerprint density at radius 3 is 2.65 bits per heavy atom. The van der Waals surface area contributed by atoms with Gasteiger partial charge in [-0.25, -0.2) is 9.37 Å². The summed E-state index contributed by atoms with van der Waals surface area (Å²) in [6.07, 6.45) is 2.44. The Morgan fingerprint density at radius 2 is 2.00 bits per heavy atom. The number of hydrogen-bond donors (Lipinski definition) is 2. The molecule has 0 saturated carbocycles. The van der Waals surface area contributed by atoms with Crippen LogP contribution in [0.4, 0.5) is 15.9 Å². The zero-order valence-corrected chi connectivity index (χ0v) is 13.0. The van der Waals surface area contributed by atoms with Gasteiger partial charge in [-0.15, -0.1) is 0 Å². The normalized spacial score (nSPS) is 12.2. The summed E-state index contributed by atoms with van der Waals surface area (Å²) in [6.45, 7) is 4.00. The highest BCUT2D eigenvalue weighted by atomic mass is 79.9. The van der Waals surface area contributed by atoms with Crippen molar-refractivity contribution in [3.05, 3.63) is 51.9 Å². The van der Waals surface area contributed by atoms with Crippen molar-refractivity contribution in [2.75, 3.05) is 11.1 Å². The Morgan fingerprint density at radius 1 is 1.35 bits per heavy atom. The summed E-state index contributed by atoms with van der Waals surface area (Å²) in [5.41, 5.74) is 8.51. The van der Waals surface area contributed by atoms with Crippen molar-refractivity contribution in [1.82, 2.24) is 4.98 Å². The maximum atomic E-state index is 12.9. The van der Waals surface area contributed by atoms with Crippen LogP contribution in [0.1, 0.15) is 18.1 Å². The molecule has 3 nitrogen and oxygen atoms in total. The number of anilines is 2. The minimum Gasteiger partial charge on any atom is -0.397 e. The number of benzene rings is 1. The molecular weight excluding hydrogens is 321 g/mol. The van der Waals surface area contributed by atoms with E-state index in [1.54, 1.807) is 18.3 Å². The van der Waals surface area contributed by atoms with Crippen molar-refractivity contribution in [3.63, 3.8) is 0 Å². The molecule has 3 N–H and O–H groups in total. The van der Waals surface area contributed by atoms with Crippen molar-refractivity contribution in [2.24, 2.45) is 0 Å². The van der Waals surface area contributed by atoms with Gasteiger partial charge in [0.25, 0.3) is 0 Å². The van der Waals surface area contributed by atoms with Crippen molar-refractivity contribution >= 4 is 27.4 Å². The van der Waals surface area contributed by atoms with E-state index in [2.05, 4.69) is 33.2 Å². The van der Waals surface area contributed by atoms with Crippen LogP contribution >= 0.6 is 15.9 Å². The Balaban J connectivity index is 2.06. The van der Waals surface area contributed by atoms with Crippen LogP contribution in [-0.4, -0.2) is 11.0 Å². The molecule has 5 heteroatoms. The number of aromatic nitrogens is 1. The van der Waals surface area contributed by atoms with E-state index in [1.165, 1.54) is 12.1 Å². The van der Waals surface area contributed by atoms with E-state index in [0.29, 0.717) is 5.69 Å². The molecule has 0 amide bonds. The van der Waals surface area contributed by atoms with E-state index in [9.17, 15) is 4.39 Å². The molecular formula is C15H17BrFN3. The number of nitrogen functional groups attached to an aromatic ring is 1. The molecule has 106 valence electrons. The lowest BCUT2D eigenvalue weighted by Gasteiger charge is -2.17. The summed E-state index contributed by atoms with van der Waals surface area (Å²) >= 11 is 3.50. The van der Waals surface area contributed by atoms with Gasteiger partial charge in [0, 0.05) is 6.04 Å². The largest absolute Gasteiger partial charge is 0.397 e. The number of nitrogens with one attached hydrogen (secondary N) is 1. The van der Waals surface area contributed by atoms with Gasteiger partial charge in [0.15, 0.2) is 0 Å². The van der Waals surface area contributed by atoms with Crippen LogP contribution in [0.25, 0.3) is 0 Å². The molecule has 20 heavy (non-hydrogen) atoms. The third-order valence-electron chi connectivity index (χ3n) is 3.14. The highest BCUT2D eigenvalue weighted by molar-refractivity contribution is 9.10. The molecule has 0 bridgehead atoms. The third kappa shape index (κ3) is 3.48. The van der Waals surface area contributed by atoms with Gasteiger partial charge in [-0.3, -0.25) is 0 Å². The Hall–Kier alpha value is -1.62. The molecule has 0 aliphatic carbocycles. The van der Waals surface area contributed by atoms with Gasteiger partial charge in [0.05, 0.1) is 16.4 Å². The smallest absolute Gasteiger partial charge is 0.140 e. The average molecular weight is 338 g/mol. The van der Waals surface area contributed by atoms with E-state index in [4.69, 9.17) is 5.73 Å². The minimum atomic E-state index is -0.215. The molecule has 1 unspecified atom stereocenters. The van der Waals surface area contributed by atoms with Crippen LogP contribution in [0.3, 0.4) is 0 Å². The van der Waals surface area contributed by atoms with Crippen molar-refractivity contribution in [2.45, 2.75) is 26.3 Å². The molecule has 1 atom stereocenters. The van der Waals surface area contributed by atoms with Crippen molar-refractivity contribution < 1.29 is 4.39 Å². The standard InChI is InChI=1S/C15H17BrFN3/c1-9(7-11-3-5-12(17)6-4-11)20-15-14(16)10(2)13(18)8-19-15/h3-6,8-9H,7,18H2,1-2H3,(H,19,20). The molecule has 0 spiro atoms. The van der Waals surface area contributed by atoms with Gasteiger partial charge >= 0.3 is 0 Å². The minimum absolute atomic E-state index is 0.173. The first-order chi connectivity index (χ1) is 9.47. The first-order valence-electron chi connectivity index (χ1n) is 6.39. The maximum absolute atomic E-state index is 12.9. The second-order valence-corrected chi connectivity index (χ2v) is 5.67. The number of nitrogens with zero attached hydrogens (tertiary/aromatic N) is 1. The number of pyridine rings is 1. The third-order valence-corrected chi connectivity index (χ3v) is 4.11. The quantitative estimate of drug-likeness (QED) is 0.888. The highest BCUT2D eigenvalue weighted by Gasteiger charge is 2.10. The van der Waals surface area contributed by atoms with Gasteiger partial charge in [-0.1, -0.05) is 12.1 Å². The fourth-order valence-corrected chi connectivity index (χ4v) is 2.40. The average Bonchev–Trinajstić information content (AvgIpc) is 2.42. The van der Waals surface area contributed by atoms with E-state index in [-0.39, 0.29) is 11.9 Å². The molecule has 0 aliphatic heterocycles. The van der Waals surface area contributed by atoms with Crippen LogP contribution in [0, 0.1) is 12.7 Å². The van der Waals surface area contributed by atoms with E-state index in [1.807, 2.05) is 6.92 Å². The van der Waals surface area contributed by atoms with E-state index >= 15 is 0 Å². The van der Waals surface area contributed by atoms with Crippen LogP contribution in [0.2, 0.25) is 0 Å². The van der Waals surface area contributed by atoms with Gasteiger partial charge < -0.3 is 11.1 Å². The number of halogens is 2. The van der Waals surface area contributed by atoms with Crippen LogP contribution < -0.4 is 11.1 Å². The molecule has 0 radical (unpaired) electrons. The molecule has 1 aromatic heterocycles. The predicted molar refractivity (Wildman–Crippen MR) is 84.3 cm³/mol. The summed E-state index contributed by atoms with van der Waals surface area (Å²) in [6, 6.07) is 6.72. The predicted octanol–water partition coefficient (Wildman–Crippen LogP) is 3.92. The summed E-state index contributed by atoms with van der Waals surface area (Å²) in [7, 11) is 0. The summed E-state index contributed by atoms with van der Waals surface area (Å²) in [4.78, 5) is 4.29. The summed E-state index contributed by atoms with van der Waals surface area (Å²) in [5.74, 6) is 0.555. The van der Waals surface area contributed by atoms with Crippen molar-refractivity contribution in [3.8, 4) is 0 Å². The SMILES string of the molecule is Cc1c(N)cnc(NC(C)Cc2ccc(F)cc2)c1Br. The zero-order chi connectivity index (χ0) is 14.7. The lowest BCUT2D eigenvalue weighted by molar-refractivity contribution is 0.626. The van der Waals surface area contributed by atoms with Crippen LogP contribution in [0.5, 0.6) is 0 Å². The first kappa shape index (κ1) is 14.8. The summed E-state index contributed by atoms with van der Waals surface area (Å²) in [5, 5.41) is 3.33. The second-order valence-electron chi connectivity index (χ2n) is 4.88. The molecule has 0 fully saturated rings. The number of hydrogen-bond acceptors (Lipinski definition) is 3. The van der Waals surface area contributed by atoms with Crippen molar-refractivity contribution in [1.29, 1.82) is 0 Å². The van der Waals surface area contributed by atoms with Gasteiger partial charge in [0.2, 0.25) is 0 Å². The Kier molecular flexibility index (Phi) is 4.60. The molecule has 2 rings (SSSR count). The Labute approximate surface area is 126 Å². The molecule has 2 aromatic rings. The lowest BCUT2D eigenvalue weighted by atomic mass is 10.1. The van der Waals surface area contributed by atoms with Crippen LogP contribution in [0.15, 0.2) is 34.9 Å². The highest BCUT2D eigenvalue weighted by Crippen LogP contribution is 2.28. The van der Waals surface area contributed by atoms with E-state index in [0.717, 1.165) is 27.8 Å².